The van der Waals surface area contributed by atoms with Crippen LogP contribution in [0, 0.1) is 5.41 Å². The van der Waals surface area contributed by atoms with Gasteiger partial charge in [-0.3, -0.25) is 9.88 Å². The molecule has 1 aliphatic heterocycles. The van der Waals surface area contributed by atoms with Gasteiger partial charge in [0.1, 0.15) is 0 Å². The van der Waals surface area contributed by atoms with E-state index in [9.17, 15) is 0 Å². The van der Waals surface area contributed by atoms with Gasteiger partial charge in [-0.25, -0.2) is 0 Å². The fourth-order valence-electron chi connectivity index (χ4n) is 2.78. The Balaban J connectivity index is 2.30. The minimum atomic E-state index is 0.208. The van der Waals surface area contributed by atoms with Crippen molar-refractivity contribution in [2.75, 3.05) is 26.2 Å². The number of rotatable bonds is 2. The van der Waals surface area contributed by atoms with Crippen molar-refractivity contribution in [1.29, 1.82) is 0 Å². The first-order valence-electron chi connectivity index (χ1n) is 6.54. The topological polar surface area (TPSA) is 28.2 Å². The molecule has 0 saturated carbocycles. The highest BCUT2D eigenvalue weighted by Crippen LogP contribution is 2.38. The van der Waals surface area contributed by atoms with Gasteiger partial charge in [0.25, 0.3) is 0 Å². The first-order valence-corrected chi connectivity index (χ1v) is 7.33. The Morgan fingerprint density at radius 3 is 2.50 bits per heavy atom. The number of hydrogen-bond donors (Lipinski definition) is 1. The van der Waals surface area contributed by atoms with Crippen LogP contribution >= 0.6 is 15.9 Å². The Labute approximate surface area is 118 Å². The molecule has 1 saturated heterocycles. The lowest BCUT2D eigenvalue weighted by atomic mass is 9.81. The highest BCUT2D eigenvalue weighted by atomic mass is 79.9. The molecule has 18 heavy (non-hydrogen) atoms. The van der Waals surface area contributed by atoms with Crippen molar-refractivity contribution in [3.63, 3.8) is 0 Å². The van der Waals surface area contributed by atoms with Crippen LogP contribution in [0.4, 0.5) is 0 Å². The molecule has 1 aromatic heterocycles. The van der Waals surface area contributed by atoms with Crippen LogP contribution in [-0.4, -0.2) is 36.1 Å². The van der Waals surface area contributed by atoms with E-state index in [0.29, 0.717) is 6.04 Å². The maximum atomic E-state index is 4.32. The van der Waals surface area contributed by atoms with E-state index in [1.54, 1.807) is 0 Å². The molecule has 100 valence electrons. The van der Waals surface area contributed by atoms with E-state index in [1.165, 1.54) is 5.56 Å². The summed E-state index contributed by atoms with van der Waals surface area (Å²) in [6.07, 6.45) is 3.85. The molecule has 0 aromatic carbocycles. The van der Waals surface area contributed by atoms with Crippen molar-refractivity contribution in [2.45, 2.75) is 26.8 Å². The smallest absolute Gasteiger partial charge is 0.0413 e. The average molecular weight is 312 g/mol. The summed E-state index contributed by atoms with van der Waals surface area (Å²) in [6, 6.07) is 2.62. The highest BCUT2D eigenvalue weighted by molar-refractivity contribution is 9.10. The Morgan fingerprint density at radius 1 is 1.28 bits per heavy atom. The van der Waals surface area contributed by atoms with Gasteiger partial charge in [0.2, 0.25) is 0 Å². The summed E-state index contributed by atoms with van der Waals surface area (Å²) in [5.41, 5.74) is 1.51. The van der Waals surface area contributed by atoms with Gasteiger partial charge < -0.3 is 5.32 Å². The maximum absolute atomic E-state index is 4.32. The normalized spacial score (nSPS) is 19.8. The fourth-order valence-corrected chi connectivity index (χ4v) is 3.16. The van der Waals surface area contributed by atoms with Crippen LogP contribution in [0.3, 0.4) is 0 Å². The molecule has 1 aliphatic rings. The van der Waals surface area contributed by atoms with Gasteiger partial charge in [-0.05, 0) is 33.0 Å². The van der Waals surface area contributed by atoms with Gasteiger partial charge in [-0.1, -0.05) is 20.8 Å². The lowest BCUT2D eigenvalue weighted by Gasteiger charge is -2.42. The van der Waals surface area contributed by atoms with E-state index < -0.39 is 0 Å². The number of piperazine rings is 1. The number of pyridine rings is 1. The monoisotopic (exact) mass is 311 g/mol. The Bertz CT molecular complexity index is 394. The molecule has 0 spiro atoms. The second kappa shape index (κ2) is 5.68. The van der Waals surface area contributed by atoms with Crippen molar-refractivity contribution in [1.82, 2.24) is 15.2 Å². The summed E-state index contributed by atoms with van der Waals surface area (Å²) in [7, 11) is 0. The van der Waals surface area contributed by atoms with Crippen LogP contribution in [0.5, 0.6) is 0 Å². The molecule has 3 nitrogen and oxygen atoms in total. The van der Waals surface area contributed by atoms with E-state index in [-0.39, 0.29) is 5.41 Å². The van der Waals surface area contributed by atoms with Crippen LogP contribution < -0.4 is 5.32 Å². The molecule has 2 rings (SSSR count). The van der Waals surface area contributed by atoms with Crippen molar-refractivity contribution >= 4 is 15.9 Å². The molecule has 0 amide bonds. The van der Waals surface area contributed by atoms with Crippen molar-refractivity contribution in [3.05, 3.63) is 28.5 Å². The molecule has 1 atom stereocenters. The van der Waals surface area contributed by atoms with Gasteiger partial charge in [0.15, 0.2) is 0 Å². The number of nitrogens with zero attached hydrogens (tertiary/aromatic N) is 2. The predicted octanol–water partition coefficient (Wildman–Crippen LogP) is 2.84. The van der Waals surface area contributed by atoms with Crippen LogP contribution in [0.25, 0.3) is 0 Å². The number of hydrogen-bond acceptors (Lipinski definition) is 3. The first kappa shape index (κ1) is 14.0. The molecule has 1 aromatic rings. The molecule has 1 N–H and O–H groups in total. The molecule has 0 radical (unpaired) electrons. The third-order valence-corrected chi connectivity index (χ3v) is 3.81. The zero-order chi connectivity index (χ0) is 13.2. The van der Waals surface area contributed by atoms with Crippen LogP contribution in [0.1, 0.15) is 32.4 Å². The molecule has 0 bridgehead atoms. The summed E-state index contributed by atoms with van der Waals surface area (Å²) in [4.78, 5) is 6.89. The molecule has 2 heterocycles. The molecule has 4 heteroatoms. The second-order valence-corrected chi connectivity index (χ2v) is 6.91. The van der Waals surface area contributed by atoms with Gasteiger partial charge in [-0.2, -0.15) is 0 Å². The van der Waals surface area contributed by atoms with E-state index in [0.717, 1.165) is 30.7 Å². The summed E-state index contributed by atoms with van der Waals surface area (Å²) < 4.78 is 1.06. The minimum absolute atomic E-state index is 0.208. The molecular formula is C14H22BrN3. The Hall–Kier alpha value is -0.450. The summed E-state index contributed by atoms with van der Waals surface area (Å²) in [5, 5.41) is 3.42. The van der Waals surface area contributed by atoms with E-state index in [2.05, 4.69) is 58.0 Å². The SMILES string of the molecule is CC(C)(C)[C@@H](c1cncc(Br)c1)N1CCNCC1. The molecule has 0 aliphatic carbocycles. The van der Waals surface area contributed by atoms with E-state index in [4.69, 9.17) is 0 Å². The van der Waals surface area contributed by atoms with Crippen LogP contribution in [0.15, 0.2) is 22.9 Å². The molecular weight excluding hydrogens is 290 g/mol. The number of nitrogens with one attached hydrogen (secondary N) is 1. The molecule has 1 fully saturated rings. The van der Waals surface area contributed by atoms with Gasteiger partial charge >= 0.3 is 0 Å². The van der Waals surface area contributed by atoms with Crippen molar-refractivity contribution in [2.24, 2.45) is 5.41 Å². The summed E-state index contributed by atoms with van der Waals surface area (Å²) >= 11 is 3.53. The zero-order valence-electron chi connectivity index (χ0n) is 11.4. The summed E-state index contributed by atoms with van der Waals surface area (Å²) in [6.45, 7) is 11.3. The largest absolute Gasteiger partial charge is 0.314 e. The van der Waals surface area contributed by atoms with Crippen molar-refractivity contribution < 1.29 is 0 Å². The highest BCUT2D eigenvalue weighted by Gasteiger charge is 2.32. The minimum Gasteiger partial charge on any atom is -0.314 e. The van der Waals surface area contributed by atoms with Gasteiger partial charge in [0, 0.05) is 49.1 Å². The third kappa shape index (κ3) is 3.31. The van der Waals surface area contributed by atoms with E-state index in [1.807, 2.05) is 12.4 Å². The number of halogens is 1. The maximum Gasteiger partial charge on any atom is 0.0413 e. The standard InChI is InChI=1S/C14H22BrN3/c1-14(2,3)13(18-6-4-16-5-7-18)11-8-12(15)10-17-9-11/h8-10,13,16H,4-7H2,1-3H3/t13-/m1/s1. The van der Waals surface area contributed by atoms with Crippen molar-refractivity contribution in [3.8, 4) is 0 Å². The quantitative estimate of drug-likeness (QED) is 0.910. The average Bonchev–Trinajstić information content (AvgIpc) is 2.28. The first-order chi connectivity index (χ1) is 8.48. The lowest BCUT2D eigenvalue weighted by Crippen LogP contribution is -2.48. The predicted molar refractivity (Wildman–Crippen MR) is 78.6 cm³/mol. The van der Waals surface area contributed by atoms with Crippen LogP contribution in [-0.2, 0) is 0 Å². The Kier molecular flexibility index (Phi) is 4.41. The second-order valence-electron chi connectivity index (χ2n) is 5.99. The van der Waals surface area contributed by atoms with Gasteiger partial charge in [-0.15, -0.1) is 0 Å². The Morgan fingerprint density at radius 2 is 1.94 bits per heavy atom. The lowest BCUT2D eigenvalue weighted by molar-refractivity contribution is 0.0859. The third-order valence-electron chi connectivity index (χ3n) is 3.38. The number of aromatic nitrogens is 1. The van der Waals surface area contributed by atoms with Gasteiger partial charge in [0.05, 0.1) is 0 Å². The van der Waals surface area contributed by atoms with E-state index >= 15 is 0 Å². The summed E-state index contributed by atoms with van der Waals surface area (Å²) in [5.74, 6) is 0. The van der Waals surface area contributed by atoms with Crippen LogP contribution in [0.2, 0.25) is 0 Å². The fraction of sp³-hybridized carbons (Fsp3) is 0.643. The zero-order valence-corrected chi connectivity index (χ0v) is 13.0. The molecule has 0 unspecified atom stereocenters.